The molecule has 5 nitrogen and oxygen atoms in total. The number of aromatic nitrogens is 4. The third-order valence-corrected chi connectivity index (χ3v) is 15.3. The van der Waals surface area contributed by atoms with Crippen LogP contribution in [0.3, 0.4) is 0 Å². The van der Waals surface area contributed by atoms with Gasteiger partial charge in [-0.25, -0.2) is 15.0 Å². The molecule has 0 amide bonds. The molecule has 0 saturated carbocycles. The molecule has 3 aromatic heterocycles. The van der Waals surface area contributed by atoms with Gasteiger partial charge >= 0.3 is 0 Å². The second-order valence-electron chi connectivity index (χ2n) is 18.0. The Balaban J connectivity index is 0.955. The van der Waals surface area contributed by atoms with E-state index in [0.29, 0.717) is 17.5 Å². The number of thiophene rings is 1. The number of ether oxygens (including phenoxy) is 1. The molecular formula is C58H38N4OS. The predicted octanol–water partition coefficient (Wildman–Crippen LogP) is 15.2. The summed E-state index contributed by atoms with van der Waals surface area (Å²) in [7, 11) is 0. The lowest BCUT2D eigenvalue weighted by atomic mass is 9.75. The van der Waals surface area contributed by atoms with Gasteiger partial charge in [0.25, 0.3) is 0 Å². The van der Waals surface area contributed by atoms with Crippen molar-refractivity contribution in [2.45, 2.75) is 31.3 Å². The van der Waals surface area contributed by atoms with E-state index in [1.54, 1.807) is 11.3 Å². The summed E-state index contributed by atoms with van der Waals surface area (Å²) < 4.78 is 11.8. The molecule has 2 atom stereocenters. The quantitative estimate of drug-likeness (QED) is 0.177. The van der Waals surface area contributed by atoms with Crippen LogP contribution < -0.4 is 4.74 Å². The van der Waals surface area contributed by atoms with Crippen LogP contribution in [0.15, 0.2) is 182 Å². The Labute approximate surface area is 372 Å². The maximum absolute atomic E-state index is 7.05. The molecule has 0 radical (unpaired) electrons. The van der Waals surface area contributed by atoms with E-state index in [1.165, 1.54) is 70.1 Å². The maximum Gasteiger partial charge on any atom is 0.167 e. The minimum Gasteiger partial charge on any atom is -0.484 e. The van der Waals surface area contributed by atoms with Crippen molar-refractivity contribution >= 4 is 74.9 Å². The molecule has 14 rings (SSSR count). The van der Waals surface area contributed by atoms with Crippen molar-refractivity contribution in [3.8, 4) is 45.6 Å². The molecule has 0 saturated heterocycles. The van der Waals surface area contributed by atoms with E-state index in [2.05, 4.69) is 200 Å². The lowest BCUT2D eigenvalue weighted by molar-refractivity contribution is 0.199. The number of fused-ring (bicyclic) bond motifs is 13. The fourth-order valence-corrected chi connectivity index (χ4v) is 12.3. The van der Waals surface area contributed by atoms with Gasteiger partial charge in [0.2, 0.25) is 0 Å². The van der Waals surface area contributed by atoms with Gasteiger partial charge in [0, 0.05) is 64.7 Å². The normalized spacial score (nSPS) is 16.2. The zero-order valence-electron chi connectivity index (χ0n) is 35.1. The average Bonchev–Trinajstić information content (AvgIpc) is 4.07. The van der Waals surface area contributed by atoms with Crippen LogP contribution in [0.5, 0.6) is 5.75 Å². The van der Waals surface area contributed by atoms with Crippen molar-refractivity contribution in [1.29, 1.82) is 0 Å². The van der Waals surface area contributed by atoms with E-state index >= 15 is 0 Å². The fraction of sp³-hybridized carbons (Fsp3) is 0.0862. The van der Waals surface area contributed by atoms with Gasteiger partial charge in [-0.3, -0.25) is 0 Å². The van der Waals surface area contributed by atoms with Crippen LogP contribution >= 0.6 is 11.3 Å². The largest absolute Gasteiger partial charge is 0.484 e. The van der Waals surface area contributed by atoms with Crippen LogP contribution in [0.4, 0.5) is 0 Å². The monoisotopic (exact) mass is 838 g/mol. The SMILES string of the molecule is CC1(C)c2ccccc2C2Oc3c(-c4nc(-c5ccc6ccccc6c5)nc(-c5cccc6c5sc5cc(-n7c8ccccc8c8cc9ccccc9cc87)ccc56)n4)cccc3C21. The summed E-state index contributed by atoms with van der Waals surface area (Å²) in [4.78, 5) is 16.0. The average molecular weight is 839 g/mol. The number of hydrogen-bond donors (Lipinski definition) is 0. The first-order valence-electron chi connectivity index (χ1n) is 22.0. The molecule has 9 aromatic carbocycles. The summed E-state index contributed by atoms with van der Waals surface area (Å²) in [6, 6.07) is 65.6. The highest BCUT2D eigenvalue weighted by molar-refractivity contribution is 7.26. The zero-order chi connectivity index (χ0) is 42.3. The lowest BCUT2D eigenvalue weighted by Gasteiger charge is -2.27. The summed E-state index contributed by atoms with van der Waals surface area (Å²) in [5, 5.41) is 9.70. The van der Waals surface area contributed by atoms with Crippen LogP contribution in [-0.4, -0.2) is 19.5 Å². The molecule has 0 bridgehead atoms. The zero-order valence-corrected chi connectivity index (χ0v) is 35.9. The molecule has 4 heterocycles. The van der Waals surface area contributed by atoms with E-state index < -0.39 is 0 Å². The second kappa shape index (κ2) is 13.2. The first-order chi connectivity index (χ1) is 31.5. The molecule has 2 aliphatic rings. The third-order valence-electron chi connectivity index (χ3n) is 14.1. The summed E-state index contributed by atoms with van der Waals surface area (Å²) in [5.41, 5.74) is 10.1. The highest BCUT2D eigenvalue weighted by Crippen LogP contribution is 2.62. The number of benzene rings is 9. The van der Waals surface area contributed by atoms with E-state index in [9.17, 15) is 0 Å². The van der Waals surface area contributed by atoms with Crippen molar-refractivity contribution in [2.24, 2.45) is 0 Å². The van der Waals surface area contributed by atoms with E-state index in [0.717, 1.165) is 38.2 Å². The molecule has 6 heteroatoms. The van der Waals surface area contributed by atoms with Crippen LogP contribution in [0.1, 0.15) is 42.6 Å². The predicted molar refractivity (Wildman–Crippen MR) is 264 cm³/mol. The summed E-state index contributed by atoms with van der Waals surface area (Å²) >= 11 is 1.80. The Hall–Kier alpha value is -7.67. The van der Waals surface area contributed by atoms with Gasteiger partial charge in [-0.1, -0.05) is 147 Å². The molecule has 1 aliphatic heterocycles. The number of nitrogens with zero attached hydrogens (tertiary/aromatic N) is 4. The molecular weight excluding hydrogens is 801 g/mol. The van der Waals surface area contributed by atoms with Crippen molar-refractivity contribution in [3.63, 3.8) is 0 Å². The van der Waals surface area contributed by atoms with Crippen LogP contribution in [0.2, 0.25) is 0 Å². The molecule has 0 N–H and O–H groups in total. The summed E-state index contributed by atoms with van der Waals surface area (Å²) in [5.74, 6) is 2.93. The first kappa shape index (κ1) is 35.9. The molecule has 64 heavy (non-hydrogen) atoms. The summed E-state index contributed by atoms with van der Waals surface area (Å²) in [6.07, 6.45) is -0.0670. The fourth-order valence-electron chi connectivity index (χ4n) is 11.1. The van der Waals surface area contributed by atoms with E-state index in [4.69, 9.17) is 19.7 Å². The van der Waals surface area contributed by atoms with Crippen molar-refractivity contribution < 1.29 is 4.74 Å². The van der Waals surface area contributed by atoms with Gasteiger partial charge < -0.3 is 9.30 Å². The molecule has 2 unspecified atom stereocenters. The maximum atomic E-state index is 7.05. The molecule has 12 aromatic rings. The van der Waals surface area contributed by atoms with Crippen LogP contribution in [-0.2, 0) is 5.41 Å². The lowest BCUT2D eigenvalue weighted by Crippen LogP contribution is -2.22. The van der Waals surface area contributed by atoms with Gasteiger partial charge in [0.1, 0.15) is 11.9 Å². The van der Waals surface area contributed by atoms with Crippen molar-refractivity contribution in [2.75, 3.05) is 0 Å². The molecule has 302 valence electrons. The highest BCUT2D eigenvalue weighted by atomic mass is 32.1. The molecule has 0 spiro atoms. The first-order valence-corrected chi connectivity index (χ1v) is 22.8. The topological polar surface area (TPSA) is 52.8 Å². The van der Waals surface area contributed by atoms with Crippen molar-refractivity contribution in [1.82, 2.24) is 19.5 Å². The Kier molecular flexibility index (Phi) is 7.39. The van der Waals surface area contributed by atoms with Crippen LogP contribution in [0.25, 0.3) is 103 Å². The minimum absolute atomic E-state index is 0.0670. The van der Waals surface area contributed by atoms with Gasteiger partial charge in [0.05, 0.1) is 16.6 Å². The highest BCUT2D eigenvalue weighted by Gasteiger charge is 2.53. The Morgan fingerprint density at radius 3 is 2.05 bits per heavy atom. The number of hydrogen-bond acceptors (Lipinski definition) is 5. The summed E-state index contributed by atoms with van der Waals surface area (Å²) in [6.45, 7) is 4.69. The van der Waals surface area contributed by atoms with Gasteiger partial charge in [-0.05, 0) is 81.2 Å². The van der Waals surface area contributed by atoms with E-state index in [-0.39, 0.29) is 17.4 Å². The third kappa shape index (κ3) is 5.08. The Morgan fingerprint density at radius 1 is 0.500 bits per heavy atom. The Bertz CT molecular complexity index is 3950. The van der Waals surface area contributed by atoms with E-state index in [1.807, 2.05) is 0 Å². The van der Waals surface area contributed by atoms with Gasteiger partial charge in [-0.15, -0.1) is 11.3 Å². The van der Waals surface area contributed by atoms with Gasteiger partial charge in [0.15, 0.2) is 17.5 Å². The van der Waals surface area contributed by atoms with Crippen LogP contribution in [0, 0.1) is 0 Å². The molecule has 0 fully saturated rings. The number of para-hydroxylation sites is 2. The second-order valence-corrected chi connectivity index (χ2v) is 19.0. The van der Waals surface area contributed by atoms with Crippen molar-refractivity contribution in [3.05, 3.63) is 199 Å². The smallest absolute Gasteiger partial charge is 0.167 e. The van der Waals surface area contributed by atoms with Gasteiger partial charge in [-0.2, -0.15) is 0 Å². The molecule has 1 aliphatic carbocycles. The standard InChI is InChI=1S/C58H38N4OS/c1-58(2)47-23-9-7-18-42(47)53-51(58)43-20-12-21-44(52(43)63-53)56-59-55(37-26-25-33-13-3-4-14-34(33)29-37)60-57(61-56)45-22-11-19-41-40-28-27-38(32-50(40)64-54(41)45)62-48-24-10-8-17-39(48)46-30-35-15-5-6-16-36(35)31-49(46)62/h3-32,51,53H,1-2H3. The Morgan fingerprint density at radius 2 is 1.17 bits per heavy atom. The minimum atomic E-state index is -0.0989. The number of rotatable bonds is 4.